The van der Waals surface area contributed by atoms with Crippen LogP contribution in [0.3, 0.4) is 0 Å². The summed E-state index contributed by atoms with van der Waals surface area (Å²) < 4.78 is 16.0. The van der Waals surface area contributed by atoms with Crippen LogP contribution < -0.4 is 11.2 Å². The molecule has 3 aromatic carbocycles. The van der Waals surface area contributed by atoms with Crippen molar-refractivity contribution in [3.8, 4) is 5.69 Å². The van der Waals surface area contributed by atoms with Gasteiger partial charge in [-0.1, -0.05) is 42.5 Å². The first-order chi connectivity index (χ1) is 13.1. The van der Waals surface area contributed by atoms with E-state index in [2.05, 4.69) is 0 Å². The molecule has 1 aromatic heterocycles. The van der Waals surface area contributed by atoms with Gasteiger partial charge in [-0.3, -0.25) is 9.36 Å². The van der Waals surface area contributed by atoms with Crippen molar-refractivity contribution < 1.29 is 4.39 Å². The maximum absolute atomic E-state index is 13.3. The smallest absolute Gasteiger partial charge is 0.288 e. The minimum atomic E-state index is -0.419. The molecule has 0 radical (unpaired) electrons. The zero-order valence-electron chi connectivity index (χ0n) is 14.7. The molecule has 0 unspecified atom stereocenters. The molecule has 4 rings (SSSR count). The number of hydrogen-bond donors (Lipinski definition) is 0. The molecular weight excluding hydrogens is 343 g/mol. The van der Waals surface area contributed by atoms with Crippen LogP contribution in [0.25, 0.3) is 16.6 Å². The third kappa shape index (κ3) is 2.97. The number of nitrogens with zero attached hydrogens (tertiary/aromatic N) is 2. The van der Waals surface area contributed by atoms with Gasteiger partial charge >= 0.3 is 5.69 Å². The second kappa shape index (κ2) is 6.68. The molecule has 4 aromatic rings. The first-order valence-electron chi connectivity index (χ1n) is 8.61. The highest BCUT2D eigenvalue weighted by Crippen LogP contribution is 2.14. The second-order valence-corrected chi connectivity index (χ2v) is 6.44. The van der Waals surface area contributed by atoms with Gasteiger partial charge in [-0.15, -0.1) is 0 Å². The fraction of sp³-hybridized carbons (Fsp3) is 0.0909. The van der Waals surface area contributed by atoms with Crippen LogP contribution in [0.2, 0.25) is 0 Å². The Balaban J connectivity index is 2.03. The quantitative estimate of drug-likeness (QED) is 0.560. The fourth-order valence-corrected chi connectivity index (χ4v) is 3.27. The maximum atomic E-state index is 13.3. The molecule has 0 saturated heterocycles. The Bertz CT molecular complexity index is 1250. The Morgan fingerprint density at radius 2 is 1.52 bits per heavy atom. The highest BCUT2D eigenvalue weighted by atomic mass is 19.1. The normalized spacial score (nSPS) is 11.0. The van der Waals surface area contributed by atoms with Gasteiger partial charge in [0.15, 0.2) is 0 Å². The van der Waals surface area contributed by atoms with Crippen LogP contribution in [0.5, 0.6) is 0 Å². The standard InChI is InChI=1S/C22H17FN2O2/c1-15-6-2-4-8-19(15)25-21(26)18-7-3-5-9-20(18)24(22(25)27)14-16-10-12-17(23)13-11-16/h2-13H,14H2,1H3. The van der Waals surface area contributed by atoms with Gasteiger partial charge in [-0.05, 0) is 48.4 Å². The summed E-state index contributed by atoms with van der Waals surface area (Å²) in [5.74, 6) is -0.333. The average Bonchev–Trinajstić information content (AvgIpc) is 2.68. The lowest BCUT2D eigenvalue weighted by molar-refractivity contribution is 0.625. The van der Waals surface area contributed by atoms with Crippen LogP contribution in [0.4, 0.5) is 4.39 Å². The van der Waals surface area contributed by atoms with Crippen LogP contribution in [0.1, 0.15) is 11.1 Å². The van der Waals surface area contributed by atoms with Gasteiger partial charge in [-0.2, -0.15) is 0 Å². The zero-order valence-corrected chi connectivity index (χ0v) is 14.7. The molecule has 4 nitrogen and oxygen atoms in total. The second-order valence-electron chi connectivity index (χ2n) is 6.44. The molecule has 0 aliphatic rings. The summed E-state index contributed by atoms with van der Waals surface area (Å²) in [6, 6.07) is 20.3. The average molecular weight is 360 g/mol. The lowest BCUT2D eigenvalue weighted by atomic mass is 10.1. The monoisotopic (exact) mass is 360 g/mol. The van der Waals surface area contributed by atoms with Crippen molar-refractivity contribution in [2.45, 2.75) is 13.5 Å². The fourth-order valence-electron chi connectivity index (χ4n) is 3.27. The minimum absolute atomic E-state index is 0.242. The summed E-state index contributed by atoms with van der Waals surface area (Å²) in [6.45, 7) is 2.10. The summed E-state index contributed by atoms with van der Waals surface area (Å²) in [7, 11) is 0. The lowest BCUT2D eigenvalue weighted by Crippen LogP contribution is -2.39. The Morgan fingerprint density at radius 3 is 2.26 bits per heavy atom. The predicted octanol–water partition coefficient (Wildman–Crippen LogP) is 3.65. The molecule has 5 heteroatoms. The van der Waals surface area contributed by atoms with Crippen molar-refractivity contribution in [3.05, 3.63) is 111 Å². The van der Waals surface area contributed by atoms with E-state index < -0.39 is 5.69 Å². The first kappa shape index (κ1) is 17.0. The molecule has 0 spiro atoms. The Kier molecular flexibility index (Phi) is 4.20. The van der Waals surface area contributed by atoms with Crippen LogP contribution in [0, 0.1) is 12.7 Å². The molecule has 0 N–H and O–H groups in total. The number of benzene rings is 3. The molecule has 0 atom stereocenters. The minimum Gasteiger partial charge on any atom is -0.288 e. The van der Waals surface area contributed by atoms with Crippen LogP contribution >= 0.6 is 0 Å². The Morgan fingerprint density at radius 1 is 0.852 bits per heavy atom. The van der Waals surface area contributed by atoms with Crippen LogP contribution in [-0.4, -0.2) is 9.13 Å². The highest BCUT2D eigenvalue weighted by molar-refractivity contribution is 5.78. The third-order valence-electron chi connectivity index (χ3n) is 4.66. The molecular formula is C22H17FN2O2. The first-order valence-corrected chi connectivity index (χ1v) is 8.61. The Hall–Kier alpha value is -3.47. The number of halogens is 1. The summed E-state index contributed by atoms with van der Waals surface area (Å²) >= 11 is 0. The van der Waals surface area contributed by atoms with Crippen molar-refractivity contribution in [2.24, 2.45) is 0 Å². The molecule has 27 heavy (non-hydrogen) atoms. The summed E-state index contributed by atoms with van der Waals surface area (Å²) in [4.78, 5) is 26.3. The van der Waals surface area contributed by atoms with Crippen molar-refractivity contribution in [2.75, 3.05) is 0 Å². The van der Waals surface area contributed by atoms with E-state index in [1.165, 1.54) is 16.7 Å². The number of hydrogen-bond acceptors (Lipinski definition) is 2. The van der Waals surface area contributed by atoms with Crippen molar-refractivity contribution in [1.29, 1.82) is 0 Å². The lowest BCUT2D eigenvalue weighted by Gasteiger charge is -2.15. The maximum Gasteiger partial charge on any atom is 0.336 e. The number of aromatic nitrogens is 2. The molecule has 0 aliphatic heterocycles. The van der Waals surface area contributed by atoms with E-state index in [0.29, 0.717) is 16.6 Å². The Labute approximate surface area is 154 Å². The van der Waals surface area contributed by atoms with Crippen molar-refractivity contribution in [1.82, 2.24) is 9.13 Å². The summed E-state index contributed by atoms with van der Waals surface area (Å²) in [5.41, 5.74) is 1.96. The number of fused-ring (bicyclic) bond motifs is 1. The van der Waals surface area contributed by atoms with E-state index in [0.717, 1.165) is 11.1 Å². The number of rotatable bonds is 3. The van der Waals surface area contributed by atoms with Crippen molar-refractivity contribution >= 4 is 10.9 Å². The van der Waals surface area contributed by atoms with E-state index in [4.69, 9.17) is 0 Å². The van der Waals surface area contributed by atoms with E-state index in [1.54, 1.807) is 53.1 Å². The predicted molar refractivity (Wildman–Crippen MR) is 104 cm³/mol. The molecule has 0 bridgehead atoms. The van der Waals surface area contributed by atoms with Gasteiger partial charge in [0.1, 0.15) is 5.82 Å². The molecule has 134 valence electrons. The van der Waals surface area contributed by atoms with E-state index >= 15 is 0 Å². The SMILES string of the molecule is Cc1ccccc1-n1c(=O)c2ccccc2n(Cc2ccc(F)cc2)c1=O. The van der Waals surface area contributed by atoms with Crippen molar-refractivity contribution in [3.63, 3.8) is 0 Å². The van der Waals surface area contributed by atoms with Gasteiger partial charge in [0.25, 0.3) is 5.56 Å². The van der Waals surface area contributed by atoms with Gasteiger partial charge in [0.2, 0.25) is 0 Å². The number of para-hydroxylation sites is 2. The molecule has 0 aliphatic carbocycles. The topological polar surface area (TPSA) is 44.0 Å². The van der Waals surface area contributed by atoms with Gasteiger partial charge in [0.05, 0.1) is 23.1 Å². The molecule has 0 fully saturated rings. The zero-order chi connectivity index (χ0) is 19.0. The van der Waals surface area contributed by atoms with Gasteiger partial charge in [-0.25, -0.2) is 13.8 Å². The number of aryl methyl sites for hydroxylation is 1. The van der Waals surface area contributed by atoms with Gasteiger partial charge < -0.3 is 0 Å². The van der Waals surface area contributed by atoms with Crippen LogP contribution in [-0.2, 0) is 6.54 Å². The highest BCUT2D eigenvalue weighted by Gasteiger charge is 2.15. The molecule has 0 amide bonds. The van der Waals surface area contributed by atoms with Crippen LogP contribution in [0.15, 0.2) is 82.4 Å². The summed E-state index contributed by atoms with van der Waals surface area (Å²) in [5, 5.41) is 0.461. The molecule has 0 saturated carbocycles. The van der Waals surface area contributed by atoms with E-state index in [1.807, 2.05) is 19.1 Å². The largest absolute Gasteiger partial charge is 0.336 e. The van der Waals surface area contributed by atoms with E-state index in [-0.39, 0.29) is 17.9 Å². The van der Waals surface area contributed by atoms with Gasteiger partial charge in [0, 0.05) is 0 Å². The summed E-state index contributed by atoms with van der Waals surface area (Å²) in [6.07, 6.45) is 0. The third-order valence-corrected chi connectivity index (χ3v) is 4.66. The molecule has 1 heterocycles. The van der Waals surface area contributed by atoms with E-state index in [9.17, 15) is 14.0 Å².